The van der Waals surface area contributed by atoms with Crippen molar-refractivity contribution in [3.63, 3.8) is 0 Å². The van der Waals surface area contributed by atoms with Gasteiger partial charge < -0.3 is 0 Å². The quantitative estimate of drug-likeness (QED) is 0.456. The van der Waals surface area contributed by atoms with Crippen molar-refractivity contribution in [3.05, 3.63) is 0 Å². The molecule has 1 fully saturated rings. The van der Waals surface area contributed by atoms with Crippen molar-refractivity contribution in [2.75, 3.05) is 20.2 Å². The van der Waals surface area contributed by atoms with Gasteiger partial charge in [-0.3, -0.25) is 0 Å². The average molecular weight is 172 g/mol. The highest BCUT2D eigenvalue weighted by atomic mass is 16.7. The Balaban J connectivity index is 2.09. The number of quaternary nitrogens is 1. The number of hydrogen-bond acceptors (Lipinski definition) is 1. The zero-order valence-electron chi connectivity index (χ0n) is 8.84. The van der Waals surface area contributed by atoms with E-state index in [1.54, 1.807) is 0 Å². The van der Waals surface area contributed by atoms with Crippen molar-refractivity contribution in [2.45, 2.75) is 39.7 Å². The summed E-state index contributed by atoms with van der Waals surface area (Å²) >= 11 is 0. The Hall–Kier alpha value is -0.0800. The van der Waals surface area contributed by atoms with Crippen LogP contribution in [0.25, 0.3) is 0 Å². The Morgan fingerprint density at radius 3 is 2.58 bits per heavy atom. The lowest BCUT2D eigenvalue weighted by molar-refractivity contribution is -0.999. The Morgan fingerprint density at radius 2 is 2.17 bits per heavy atom. The molecule has 0 amide bonds. The molecule has 0 saturated carbocycles. The molecule has 72 valence electrons. The maximum Gasteiger partial charge on any atom is 0.168 e. The van der Waals surface area contributed by atoms with E-state index >= 15 is 0 Å². The van der Waals surface area contributed by atoms with E-state index in [-0.39, 0.29) is 0 Å². The fraction of sp³-hybridized carbons (Fsp3) is 1.00. The number of nitrogens with zero attached hydrogens (tertiary/aromatic N) is 1. The van der Waals surface area contributed by atoms with Crippen molar-refractivity contribution in [1.82, 2.24) is 0 Å². The van der Waals surface area contributed by atoms with Gasteiger partial charge in [0.1, 0.15) is 6.61 Å². The van der Waals surface area contributed by atoms with Gasteiger partial charge in [-0.1, -0.05) is 20.3 Å². The van der Waals surface area contributed by atoms with Gasteiger partial charge in [-0.05, 0) is 19.3 Å². The first-order valence-corrected chi connectivity index (χ1v) is 5.08. The highest BCUT2D eigenvalue weighted by Crippen LogP contribution is 2.28. The lowest BCUT2D eigenvalue weighted by Crippen LogP contribution is -2.25. The van der Waals surface area contributed by atoms with Crippen LogP contribution in [0, 0.1) is 5.92 Å². The summed E-state index contributed by atoms with van der Waals surface area (Å²) in [5.41, 5.74) is 0. The molecule has 1 aliphatic heterocycles. The third-order valence-electron chi connectivity index (χ3n) is 2.86. The molecule has 0 N–H and O–H groups in total. The summed E-state index contributed by atoms with van der Waals surface area (Å²) in [6.45, 7) is 8.86. The summed E-state index contributed by atoms with van der Waals surface area (Å²) in [4.78, 5) is 5.80. The van der Waals surface area contributed by atoms with Crippen LogP contribution in [0.4, 0.5) is 0 Å². The van der Waals surface area contributed by atoms with Crippen LogP contribution in [-0.2, 0) is 4.84 Å². The largest absolute Gasteiger partial charge is 0.202 e. The topological polar surface area (TPSA) is 9.23 Å². The fourth-order valence-corrected chi connectivity index (χ4v) is 1.53. The van der Waals surface area contributed by atoms with Gasteiger partial charge in [0.15, 0.2) is 12.6 Å². The first kappa shape index (κ1) is 10.0. The highest BCUT2D eigenvalue weighted by Gasteiger charge is 2.50. The zero-order chi connectivity index (χ0) is 9.19. The molecule has 1 rings (SSSR count). The third-order valence-corrected chi connectivity index (χ3v) is 2.86. The number of hydrogen-bond donors (Lipinski definition) is 0. The van der Waals surface area contributed by atoms with E-state index in [0.717, 1.165) is 23.2 Å². The van der Waals surface area contributed by atoms with Gasteiger partial charge >= 0.3 is 0 Å². The molecule has 3 unspecified atom stereocenters. The third kappa shape index (κ3) is 2.46. The molecule has 3 atom stereocenters. The maximum absolute atomic E-state index is 5.80. The summed E-state index contributed by atoms with van der Waals surface area (Å²) in [6, 6.07) is 0.721. The van der Waals surface area contributed by atoms with Crippen molar-refractivity contribution < 1.29 is 9.48 Å². The molecule has 1 aliphatic rings. The van der Waals surface area contributed by atoms with Gasteiger partial charge in [-0.2, -0.15) is 4.65 Å². The van der Waals surface area contributed by atoms with E-state index in [0.29, 0.717) is 0 Å². The monoisotopic (exact) mass is 172 g/mol. The van der Waals surface area contributed by atoms with E-state index < -0.39 is 0 Å². The number of rotatable bonds is 5. The molecule has 0 spiro atoms. The predicted octanol–water partition coefficient (Wildman–Crippen LogP) is 2.20. The van der Waals surface area contributed by atoms with Gasteiger partial charge in [-0.15, -0.1) is 0 Å². The molecular weight excluding hydrogens is 150 g/mol. The fourth-order valence-electron chi connectivity index (χ4n) is 1.53. The molecule has 12 heavy (non-hydrogen) atoms. The summed E-state index contributed by atoms with van der Waals surface area (Å²) in [5.74, 6) is 0.720. The second-order valence-corrected chi connectivity index (χ2v) is 4.40. The Labute approximate surface area is 76.1 Å². The van der Waals surface area contributed by atoms with Gasteiger partial charge in [0.2, 0.25) is 0 Å². The molecule has 0 bridgehead atoms. The van der Waals surface area contributed by atoms with Gasteiger partial charge in [-0.25, -0.2) is 4.84 Å². The van der Waals surface area contributed by atoms with Crippen LogP contribution in [0.1, 0.15) is 33.6 Å². The minimum absolute atomic E-state index is 0.720. The van der Waals surface area contributed by atoms with Crippen molar-refractivity contribution in [2.24, 2.45) is 5.92 Å². The maximum atomic E-state index is 5.80. The molecule has 0 radical (unpaired) electrons. The summed E-state index contributed by atoms with van der Waals surface area (Å²) in [7, 11) is 2.17. The Morgan fingerprint density at radius 1 is 1.58 bits per heavy atom. The molecule has 1 saturated heterocycles. The number of hydroxylamine groups is 3. The first-order valence-electron chi connectivity index (χ1n) is 5.08. The van der Waals surface area contributed by atoms with E-state index in [4.69, 9.17) is 4.84 Å². The second-order valence-electron chi connectivity index (χ2n) is 4.40. The lowest BCUT2D eigenvalue weighted by Gasteiger charge is -2.15. The Bertz CT molecular complexity index is 149. The minimum Gasteiger partial charge on any atom is -0.202 e. The molecule has 0 aromatic carbocycles. The van der Waals surface area contributed by atoms with Gasteiger partial charge in [0, 0.05) is 0 Å². The smallest absolute Gasteiger partial charge is 0.168 e. The summed E-state index contributed by atoms with van der Waals surface area (Å²) in [6.07, 6.45) is 2.55. The normalized spacial score (nSPS) is 36.5. The van der Waals surface area contributed by atoms with E-state index in [1.165, 1.54) is 19.4 Å². The van der Waals surface area contributed by atoms with Crippen molar-refractivity contribution in [1.29, 1.82) is 0 Å². The Kier molecular flexibility index (Phi) is 3.13. The summed E-state index contributed by atoms with van der Waals surface area (Å²) in [5, 5.41) is 0. The van der Waals surface area contributed by atoms with Gasteiger partial charge in [0.05, 0.1) is 7.05 Å². The predicted molar refractivity (Wildman–Crippen MR) is 50.5 cm³/mol. The molecule has 2 heteroatoms. The standard InChI is InChI=1S/C10H22NO/c1-5-6-9(2)8-12-11(4)7-10(11)3/h9-10H,5-8H2,1-4H3/q+1. The van der Waals surface area contributed by atoms with Crippen LogP contribution in [0.15, 0.2) is 0 Å². The first-order chi connectivity index (χ1) is 5.58. The van der Waals surface area contributed by atoms with Crippen LogP contribution in [-0.4, -0.2) is 30.9 Å². The van der Waals surface area contributed by atoms with Crippen LogP contribution in [0.3, 0.4) is 0 Å². The summed E-state index contributed by atoms with van der Waals surface area (Å²) < 4.78 is 0.841. The molecule has 1 heterocycles. The van der Waals surface area contributed by atoms with Crippen LogP contribution in [0.5, 0.6) is 0 Å². The van der Waals surface area contributed by atoms with Crippen molar-refractivity contribution >= 4 is 0 Å². The lowest BCUT2D eigenvalue weighted by atomic mass is 10.1. The molecule has 2 nitrogen and oxygen atoms in total. The average Bonchev–Trinajstić information content (AvgIpc) is 2.58. The van der Waals surface area contributed by atoms with Crippen LogP contribution in [0.2, 0.25) is 0 Å². The van der Waals surface area contributed by atoms with E-state index in [9.17, 15) is 0 Å². The molecule has 0 aliphatic carbocycles. The molecule has 0 aromatic heterocycles. The van der Waals surface area contributed by atoms with Crippen molar-refractivity contribution in [3.8, 4) is 0 Å². The van der Waals surface area contributed by atoms with E-state index in [2.05, 4.69) is 27.8 Å². The second kappa shape index (κ2) is 3.75. The SMILES string of the molecule is CCCC(C)CO[N+]1(C)CC1C. The van der Waals surface area contributed by atoms with Gasteiger partial charge in [0.25, 0.3) is 0 Å². The zero-order valence-corrected chi connectivity index (χ0v) is 8.84. The van der Waals surface area contributed by atoms with Crippen LogP contribution < -0.4 is 0 Å². The highest BCUT2D eigenvalue weighted by molar-refractivity contribution is 4.60. The number of likely N-dealkylation sites (N-methyl/N-ethyl adjacent to an activating group) is 1. The molecule has 0 aromatic rings. The minimum atomic E-state index is 0.720. The van der Waals surface area contributed by atoms with E-state index in [1.807, 2.05) is 0 Å². The molecular formula is C10H22NO+. The van der Waals surface area contributed by atoms with Crippen LogP contribution >= 0.6 is 0 Å².